The van der Waals surface area contributed by atoms with E-state index < -0.39 is 6.10 Å². The summed E-state index contributed by atoms with van der Waals surface area (Å²) < 4.78 is 0. The number of halogens is 1. The Morgan fingerprint density at radius 2 is 2.14 bits per heavy atom. The molecule has 0 saturated heterocycles. The van der Waals surface area contributed by atoms with E-state index in [4.69, 9.17) is 11.6 Å². The Hall–Kier alpha value is -1.43. The van der Waals surface area contributed by atoms with Crippen molar-refractivity contribution in [3.8, 4) is 0 Å². The molecule has 1 aromatic carbocycles. The molecule has 4 nitrogen and oxygen atoms in total. The molecule has 1 unspecified atom stereocenters. The third-order valence-corrected chi connectivity index (χ3v) is 4.41. The number of hydrogen-bond acceptors (Lipinski definition) is 4. The Balaban J connectivity index is 1.82. The molecule has 0 bridgehead atoms. The van der Waals surface area contributed by atoms with Gasteiger partial charge in [-0.3, -0.25) is 4.79 Å². The molecule has 1 atom stereocenters. The lowest BCUT2D eigenvalue weighted by Crippen LogP contribution is -2.24. The average molecular weight is 325 g/mol. The molecule has 6 heteroatoms. The van der Waals surface area contributed by atoms with E-state index in [2.05, 4.69) is 17.2 Å². The lowest BCUT2D eigenvalue weighted by molar-refractivity contribution is -0.123. The molecule has 0 aliphatic carbocycles. The highest BCUT2D eigenvalue weighted by Crippen LogP contribution is 2.19. The Bertz CT molecular complexity index is 598. The number of carbonyl (C=O) groups excluding carboxylic acids is 1. The largest absolute Gasteiger partial charge is 0.388 e. The number of nitrogens with zero attached hydrogens (tertiary/aromatic N) is 1. The highest BCUT2D eigenvalue weighted by Gasteiger charge is 2.13. The van der Waals surface area contributed by atoms with E-state index in [0.29, 0.717) is 17.1 Å². The van der Waals surface area contributed by atoms with Crippen LogP contribution in [0.3, 0.4) is 0 Å². The van der Waals surface area contributed by atoms with Crippen LogP contribution < -0.4 is 5.32 Å². The zero-order valence-corrected chi connectivity index (χ0v) is 13.2. The molecule has 0 fully saturated rings. The number of aryl methyl sites for hydroxylation is 1. The van der Waals surface area contributed by atoms with Crippen LogP contribution in [0.25, 0.3) is 0 Å². The molecule has 2 rings (SSSR count). The summed E-state index contributed by atoms with van der Waals surface area (Å²) in [6, 6.07) is 6.82. The number of aliphatic hydroxyl groups is 1. The molecule has 0 radical (unpaired) electrons. The van der Waals surface area contributed by atoms with Gasteiger partial charge in [0.15, 0.2) is 0 Å². The summed E-state index contributed by atoms with van der Waals surface area (Å²) in [6.07, 6.45) is 1.97. The number of amides is 1. The van der Waals surface area contributed by atoms with Gasteiger partial charge in [0.05, 0.1) is 19.1 Å². The minimum Gasteiger partial charge on any atom is -0.388 e. The molecule has 1 aromatic heterocycles. The van der Waals surface area contributed by atoms with E-state index >= 15 is 0 Å². The Labute approximate surface area is 132 Å². The normalized spacial score (nSPS) is 12.1. The van der Waals surface area contributed by atoms with Crippen molar-refractivity contribution in [1.82, 2.24) is 10.3 Å². The number of carbonyl (C=O) groups is 1. The first-order chi connectivity index (χ1) is 10.1. The van der Waals surface area contributed by atoms with Crippen LogP contribution in [0.2, 0.25) is 5.02 Å². The Kier molecular flexibility index (Phi) is 5.73. The van der Waals surface area contributed by atoms with E-state index in [0.717, 1.165) is 11.4 Å². The third kappa shape index (κ3) is 4.81. The maximum Gasteiger partial charge on any atom is 0.223 e. The summed E-state index contributed by atoms with van der Waals surface area (Å²) in [5.41, 5.74) is 0.678. The van der Waals surface area contributed by atoms with Crippen molar-refractivity contribution in [2.75, 3.05) is 0 Å². The van der Waals surface area contributed by atoms with Crippen LogP contribution in [-0.4, -0.2) is 16.0 Å². The lowest BCUT2D eigenvalue weighted by atomic mass is 10.1. The van der Waals surface area contributed by atoms with E-state index in [9.17, 15) is 9.90 Å². The van der Waals surface area contributed by atoms with Crippen LogP contribution >= 0.6 is 22.9 Å². The second kappa shape index (κ2) is 7.54. The van der Waals surface area contributed by atoms with Gasteiger partial charge < -0.3 is 10.4 Å². The Morgan fingerprint density at radius 3 is 2.76 bits per heavy atom. The summed E-state index contributed by atoms with van der Waals surface area (Å²) >= 11 is 7.38. The molecule has 0 aliphatic heterocycles. The second-order valence-corrected chi connectivity index (χ2v) is 6.26. The van der Waals surface area contributed by atoms with Gasteiger partial charge in [0.2, 0.25) is 5.91 Å². The van der Waals surface area contributed by atoms with E-state index in [-0.39, 0.29) is 12.3 Å². The first-order valence-electron chi connectivity index (χ1n) is 6.72. The lowest BCUT2D eigenvalue weighted by Gasteiger charge is -2.10. The first-order valence-corrected chi connectivity index (χ1v) is 7.91. The zero-order chi connectivity index (χ0) is 15.2. The van der Waals surface area contributed by atoms with Gasteiger partial charge in [0, 0.05) is 16.1 Å². The number of hydrogen-bond donors (Lipinski definition) is 2. The summed E-state index contributed by atoms with van der Waals surface area (Å²) in [4.78, 5) is 17.3. The van der Waals surface area contributed by atoms with Gasteiger partial charge in [-0.15, -0.1) is 11.3 Å². The summed E-state index contributed by atoms with van der Waals surface area (Å²) in [7, 11) is 0. The molecule has 1 amide bonds. The fraction of sp³-hybridized carbons (Fsp3) is 0.333. The zero-order valence-electron chi connectivity index (χ0n) is 11.7. The average Bonchev–Trinajstić information content (AvgIpc) is 2.94. The summed E-state index contributed by atoms with van der Waals surface area (Å²) in [5, 5.41) is 14.3. The molecule has 0 spiro atoms. The van der Waals surface area contributed by atoms with Crippen LogP contribution in [0.4, 0.5) is 0 Å². The molecular formula is C15H17ClN2O2S. The monoisotopic (exact) mass is 324 g/mol. The van der Waals surface area contributed by atoms with Crippen LogP contribution in [0.5, 0.6) is 0 Å². The number of rotatable bonds is 6. The van der Waals surface area contributed by atoms with E-state index in [1.807, 2.05) is 6.20 Å². The van der Waals surface area contributed by atoms with Crippen molar-refractivity contribution in [1.29, 1.82) is 0 Å². The third-order valence-electron chi connectivity index (χ3n) is 3.02. The van der Waals surface area contributed by atoms with Gasteiger partial charge in [-0.2, -0.15) is 0 Å². The van der Waals surface area contributed by atoms with Crippen molar-refractivity contribution in [2.24, 2.45) is 0 Å². The van der Waals surface area contributed by atoms with Crippen LogP contribution in [-0.2, 0) is 17.8 Å². The molecular weight excluding hydrogens is 308 g/mol. The molecule has 2 N–H and O–H groups in total. The van der Waals surface area contributed by atoms with E-state index in [1.54, 1.807) is 35.6 Å². The van der Waals surface area contributed by atoms with Crippen LogP contribution in [0.1, 0.15) is 34.9 Å². The topological polar surface area (TPSA) is 62.2 Å². The predicted octanol–water partition coefficient (Wildman–Crippen LogP) is 3.10. The SMILES string of the molecule is CCc1cnc(CNC(=O)CC(O)c2ccc(Cl)cc2)s1. The number of nitrogens with one attached hydrogen (secondary N) is 1. The van der Waals surface area contributed by atoms with Gasteiger partial charge in [-0.05, 0) is 24.1 Å². The van der Waals surface area contributed by atoms with Crippen molar-refractivity contribution in [2.45, 2.75) is 32.4 Å². The maximum atomic E-state index is 11.8. The quantitative estimate of drug-likeness (QED) is 0.858. The fourth-order valence-corrected chi connectivity index (χ4v) is 2.75. The molecule has 112 valence electrons. The van der Waals surface area contributed by atoms with Gasteiger partial charge in [-0.25, -0.2) is 4.98 Å². The molecule has 2 aromatic rings. The summed E-state index contributed by atoms with van der Waals surface area (Å²) in [5.74, 6) is -0.203. The number of thiazole rings is 1. The second-order valence-electron chi connectivity index (χ2n) is 4.62. The van der Waals surface area contributed by atoms with Crippen molar-refractivity contribution < 1.29 is 9.90 Å². The maximum absolute atomic E-state index is 11.8. The minimum absolute atomic E-state index is 0.0215. The highest BCUT2D eigenvalue weighted by atomic mass is 35.5. The van der Waals surface area contributed by atoms with Gasteiger partial charge in [-0.1, -0.05) is 30.7 Å². The molecule has 1 heterocycles. The first kappa shape index (κ1) is 15.9. The number of aromatic nitrogens is 1. The minimum atomic E-state index is -0.829. The Morgan fingerprint density at radius 1 is 1.43 bits per heavy atom. The van der Waals surface area contributed by atoms with Crippen LogP contribution in [0.15, 0.2) is 30.5 Å². The number of benzene rings is 1. The standard InChI is InChI=1S/C15H17ClN2O2S/c1-2-12-8-18-15(21-12)9-17-14(20)7-13(19)10-3-5-11(16)6-4-10/h3-6,8,13,19H,2,7,9H2,1H3,(H,17,20). The fourth-order valence-electron chi connectivity index (χ4n) is 1.82. The van der Waals surface area contributed by atoms with Crippen molar-refractivity contribution >= 4 is 28.8 Å². The van der Waals surface area contributed by atoms with Gasteiger partial charge in [0.25, 0.3) is 0 Å². The van der Waals surface area contributed by atoms with Crippen LogP contribution in [0, 0.1) is 0 Å². The smallest absolute Gasteiger partial charge is 0.223 e. The number of aliphatic hydroxyl groups excluding tert-OH is 1. The molecule has 0 aliphatic rings. The summed E-state index contributed by atoms with van der Waals surface area (Å²) in [6.45, 7) is 2.47. The van der Waals surface area contributed by atoms with Crippen molar-refractivity contribution in [3.05, 3.63) is 50.9 Å². The van der Waals surface area contributed by atoms with Gasteiger partial charge >= 0.3 is 0 Å². The molecule has 21 heavy (non-hydrogen) atoms. The van der Waals surface area contributed by atoms with Crippen molar-refractivity contribution in [3.63, 3.8) is 0 Å². The predicted molar refractivity (Wildman–Crippen MR) is 84.4 cm³/mol. The van der Waals surface area contributed by atoms with Gasteiger partial charge in [0.1, 0.15) is 5.01 Å². The molecule has 0 saturated carbocycles. The van der Waals surface area contributed by atoms with E-state index in [1.165, 1.54) is 4.88 Å². The highest BCUT2D eigenvalue weighted by molar-refractivity contribution is 7.11.